The Morgan fingerprint density at radius 3 is 2.85 bits per heavy atom. The van der Waals surface area contributed by atoms with Gasteiger partial charge >= 0.3 is 0 Å². The lowest BCUT2D eigenvalue weighted by Crippen LogP contribution is -2.47. The molecule has 1 spiro atoms. The van der Waals surface area contributed by atoms with Gasteiger partial charge in [-0.05, 0) is 44.4 Å². The van der Waals surface area contributed by atoms with E-state index in [-0.39, 0.29) is 5.60 Å². The first-order chi connectivity index (χ1) is 9.67. The SMILES string of the molecule is Cc1ccc([C@H](C)NC2CCOC3(CCSC3)C2)cc1. The zero-order chi connectivity index (χ0) is 14.0. The van der Waals surface area contributed by atoms with E-state index in [0.29, 0.717) is 12.1 Å². The standard InChI is InChI=1S/C17H25NOS/c1-13-3-5-15(6-4-13)14(2)18-16-7-9-19-17(11-16)8-10-20-12-17/h3-6,14,16,18H,7-12H2,1-2H3/t14-,16?,17?/m0/s1. The molecule has 0 bridgehead atoms. The van der Waals surface area contributed by atoms with E-state index < -0.39 is 0 Å². The number of rotatable bonds is 3. The predicted octanol–water partition coefficient (Wildman–Crippen LogP) is 3.70. The Morgan fingerprint density at radius 1 is 1.35 bits per heavy atom. The minimum atomic E-state index is 0.174. The first-order valence-corrected chi connectivity index (χ1v) is 8.87. The summed E-state index contributed by atoms with van der Waals surface area (Å²) in [4.78, 5) is 0. The largest absolute Gasteiger partial charge is 0.374 e. The second-order valence-electron chi connectivity index (χ2n) is 6.32. The van der Waals surface area contributed by atoms with Crippen LogP contribution in [-0.2, 0) is 4.74 Å². The van der Waals surface area contributed by atoms with Crippen molar-refractivity contribution in [2.75, 3.05) is 18.1 Å². The highest BCUT2D eigenvalue weighted by Crippen LogP contribution is 2.38. The quantitative estimate of drug-likeness (QED) is 0.917. The molecule has 1 N–H and O–H groups in total. The Labute approximate surface area is 126 Å². The van der Waals surface area contributed by atoms with Crippen molar-refractivity contribution in [2.24, 2.45) is 0 Å². The summed E-state index contributed by atoms with van der Waals surface area (Å²) in [5.74, 6) is 2.45. The molecule has 0 amide bonds. The van der Waals surface area contributed by atoms with Gasteiger partial charge < -0.3 is 10.1 Å². The van der Waals surface area contributed by atoms with Crippen LogP contribution < -0.4 is 5.32 Å². The molecular weight excluding hydrogens is 266 g/mol. The van der Waals surface area contributed by atoms with E-state index in [9.17, 15) is 0 Å². The first-order valence-electron chi connectivity index (χ1n) is 7.71. The number of benzene rings is 1. The van der Waals surface area contributed by atoms with Crippen LogP contribution in [0, 0.1) is 6.92 Å². The topological polar surface area (TPSA) is 21.3 Å². The maximum atomic E-state index is 6.10. The maximum Gasteiger partial charge on any atom is 0.0795 e. The van der Waals surface area contributed by atoms with Gasteiger partial charge in [-0.25, -0.2) is 0 Å². The highest BCUT2D eigenvalue weighted by Gasteiger charge is 2.40. The van der Waals surface area contributed by atoms with E-state index in [2.05, 4.69) is 43.4 Å². The summed E-state index contributed by atoms with van der Waals surface area (Å²) < 4.78 is 6.10. The van der Waals surface area contributed by atoms with Crippen LogP contribution in [0.5, 0.6) is 0 Å². The summed E-state index contributed by atoms with van der Waals surface area (Å²) in [7, 11) is 0. The molecule has 20 heavy (non-hydrogen) atoms. The average Bonchev–Trinajstić information content (AvgIpc) is 2.87. The average molecular weight is 291 g/mol. The molecule has 0 saturated carbocycles. The van der Waals surface area contributed by atoms with Crippen molar-refractivity contribution in [3.63, 3.8) is 0 Å². The monoisotopic (exact) mass is 291 g/mol. The van der Waals surface area contributed by atoms with Crippen molar-refractivity contribution in [1.29, 1.82) is 0 Å². The highest BCUT2D eigenvalue weighted by atomic mass is 32.2. The second kappa shape index (κ2) is 6.08. The molecule has 2 aliphatic heterocycles. The van der Waals surface area contributed by atoms with Gasteiger partial charge in [-0.15, -0.1) is 0 Å². The van der Waals surface area contributed by atoms with E-state index in [0.717, 1.165) is 13.0 Å². The molecule has 2 fully saturated rings. The fourth-order valence-corrected chi connectivity index (χ4v) is 4.72. The van der Waals surface area contributed by atoms with Crippen LogP contribution in [0.4, 0.5) is 0 Å². The van der Waals surface area contributed by atoms with Crippen LogP contribution in [0.15, 0.2) is 24.3 Å². The summed E-state index contributed by atoms with van der Waals surface area (Å²) in [6.45, 7) is 5.33. The Hall–Kier alpha value is -0.510. The van der Waals surface area contributed by atoms with Crippen molar-refractivity contribution < 1.29 is 4.74 Å². The van der Waals surface area contributed by atoms with Crippen LogP contribution in [0.25, 0.3) is 0 Å². The third kappa shape index (κ3) is 3.21. The van der Waals surface area contributed by atoms with Crippen molar-refractivity contribution in [2.45, 2.75) is 50.8 Å². The van der Waals surface area contributed by atoms with Crippen molar-refractivity contribution >= 4 is 11.8 Å². The molecule has 2 nitrogen and oxygen atoms in total. The third-order valence-electron chi connectivity index (χ3n) is 4.62. The number of hydrogen-bond donors (Lipinski definition) is 1. The summed E-state index contributed by atoms with van der Waals surface area (Å²) >= 11 is 2.05. The van der Waals surface area contributed by atoms with Crippen molar-refractivity contribution in [1.82, 2.24) is 5.32 Å². The molecule has 2 saturated heterocycles. The van der Waals surface area contributed by atoms with E-state index in [4.69, 9.17) is 4.74 Å². The van der Waals surface area contributed by atoms with Gasteiger partial charge in [-0.2, -0.15) is 11.8 Å². The van der Waals surface area contributed by atoms with Crippen molar-refractivity contribution in [3.05, 3.63) is 35.4 Å². The molecule has 0 radical (unpaired) electrons. The number of hydrogen-bond acceptors (Lipinski definition) is 3. The molecule has 3 atom stereocenters. The number of aryl methyl sites for hydroxylation is 1. The summed E-state index contributed by atoms with van der Waals surface area (Å²) in [5, 5.41) is 3.82. The molecule has 1 aromatic carbocycles. The smallest absolute Gasteiger partial charge is 0.0795 e. The Bertz CT molecular complexity index is 439. The Kier molecular flexibility index (Phi) is 4.39. The van der Waals surface area contributed by atoms with Crippen LogP contribution in [0.1, 0.15) is 43.4 Å². The van der Waals surface area contributed by atoms with Gasteiger partial charge in [-0.1, -0.05) is 29.8 Å². The zero-order valence-corrected chi connectivity index (χ0v) is 13.3. The molecule has 0 aliphatic carbocycles. The van der Waals surface area contributed by atoms with Crippen LogP contribution in [0.2, 0.25) is 0 Å². The lowest BCUT2D eigenvalue weighted by molar-refractivity contribution is -0.0711. The molecule has 2 unspecified atom stereocenters. The van der Waals surface area contributed by atoms with E-state index >= 15 is 0 Å². The second-order valence-corrected chi connectivity index (χ2v) is 7.43. The van der Waals surface area contributed by atoms with Gasteiger partial charge in [-0.3, -0.25) is 0 Å². The fourth-order valence-electron chi connectivity index (χ4n) is 3.34. The van der Waals surface area contributed by atoms with Crippen molar-refractivity contribution in [3.8, 4) is 0 Å². The zero-order valence-electron chi connectivity index (χ0n) is 12.5. The van der Waals surface area contributed by atoms with E-state index in [1.165, 1.54) is 35.5 Å². The molecule has 3 rings (SSSR count). The van der Waals surface area contributed by atoms with Gasteiger partial charge in [0.15, 0.2) is 0 Å². The molecule has 110 valence electrons. The van der Waals surface area contributed by atoms with Gasteiger partial charge in [0.25, 0.3) is 0 Å². The number of ether oxygens (including phenoxy) is 1. The normalized spacial score (nSPS) is 31.6. The molecule has 3 heteroatoms. The Balaban J connectivity index is 1.60. The Morgan fingerprint density at radius 2 is 2.15 bits per heavy atom. The van der Waals surface area contributed by atoms with Crippen LogP contribution >= 0.6 is 11.8 Å². The summed E-state index contributed by atoms with van der Waals surface area (Å²) in [6.07, 6.45) is 3.55. The predicted molar refractivity (Wildman–Crippen MR) is 86.4 cm³/mol. The van der Waals surface area contributed by atoms with Gasteiger partial charge in [0.2, 0.25) is 0 Å². The minimum Gasteiger partial charge on any atom is -0.374 e. The van der Waals surface area contributed by atoms with Gasteiger partial charge in [0.05, 0.1) is 5.60 Å². The summed E-state index contributed by atoms with van der Waals surface area (Å²) in [6, 6.07) is 9.91. The highest BCUT2D eigenvalue weighted by molar-refractivity contribution is 7.99. The van der Waals surface area contributed by atoms with Crippen LogP contribution in [-0.4, -0.2) is 29.8 Å². The maximum absolute atomic E-state index is 6.10. The third-order valence-corrected chi connectivity index (χ3v) is 5.85. The van der Waals surface area contributed by atoms with Gasteiger partial charge in [0.1, 0.15) is 0 Å². The molecule has 0 aromatic heterocycles. The summed E-state index contributed by atoms with van der Waals surface area (Å²) in [5.41, 5.74) is 2.89. The molecule has 2 heterocycles. The number of thioether (sulfide) groups is 1. The minimum absolute atomic E-state index is 0.174. The number of nitrogens with one attached hydrogen (secondary N) is 1. The first kappa shape index (κ1) is 14.4. The lowest BCUT2D eigenvalue weighted by Gasteiger charge is -2.39. The fraction of sp³-hybridized carbons (Fsp3) is 0.647. The van der Waals surface area contributed by atoms with E-state index in [1.807, 2.05) is 11.8 Å². The molecule has 2 aliphatic rings. The lowest BCUT2D eigenvalue weighted by atomic mass is 9.89. The molecular formula is C17H25NOS. The van der Waals surface area contributed by atoms with Crippen LogP contribution in [0.3, 0.4) is 0 Å². The molecule has 1 aromatic rings. The van der Waals surface area contributed by atoms with E-state index in [1.54, 1.807) is 0 Å². The van der Waals surface area contributed by atoms with Gasteiger partial charge in [0, 0.05) is 24.4 Å².